The second-order valence-corrected chi connectivity index (χ2v) is 8.03. The first-order chi connectivity index (χ1) is 15.7. The van der Waals surface area contributed by atoms with Gasteiger partial charge >= 0.3 is 0 Å². The molecule has 1 saturated carbocycles. The lowest BCUT2D eigenvalue weighted by atomic mass is 9.95. The van der Waals surface area contributed by atoms with Crippen LogP contribution in [0, 0.1) is 0 Å². The predicted molar refractivity (Wildman–Crippen MR) is 123 cm³/mol. The molecule has 4 aromatic rings. The summed E-state index contributed by atoms with van der Waals surface area (Å²) in [7, 11) is 0. The Hall–Kier alpha value is -3.43. The second-order valence-electron chi connectivity index (χ2n) is 8.03. The van der Waals surface area contributed by atoms with Gasteiger partial charge in [0.2, 0.25) is 11.9 Å². The average molecular weight is 435 g/mol. The Balaban J connectivity index is 1.37. The van der Waals surface area contributed by atoms with Gasteiger partial charge in [-0.05, 0) is 49.9 Å². The van der Waals surface area contributed by atoms with Gasteiger partial charge in [-0.2, -0.15) is 0 Å². The molecule has 0 atom stereocenters. The van der Waals surface area contributed by atoms with Crippen LogP contribution in [0.4, 0.5) is 17.6 Å². The van der Waals surface area contributed by atoms with E-state index in [2.05, 4.69) is 25.6 Å². The topological polar surface area (TPSA) is 128 Å². The fraction of sp³-hybridized carbons (Fsp3) is 0.348. The Kier molecular flexibility index (Phi) is 5.74. The highest BCUT2D eigenvalue weighted by Gasteiger charge is 2.21. The molecule has 2 aromatic carbocycles. The molecule has 1 fully saturated rings. The number of para-hydroxylation sites is 1. The monoisotopic (exact) mass is 434 g/mol. The van der Waals surface area contributed by atoms with Gasteiger partial charge in [0.05, 0.1) is 29.8 Å². The molecule has 166 valence electrons. The zero-order chi connectivity index (χ0) is 21.9. The number of fused-ring (bicyclic) bond motifs is 2. The van der Waals surface area contributed by atoms with Crippen LogP contribution in [0.5, 0.6) is 5.75 Å². The molecule has 0 unspecified atom stereocenters. The third-order valence-corrected chi connectivity index (χ3v) is 5.65. The van der Waals surface area contributed by atoms with Crippen molar-refractivity contribution in [3.8, 4) is 5.75 Å². The first-order valence-corrected chi connectivity index (χ1v) is 10.9. The lowest BCUT2D eigenvalue weighted by molar-refractivity contribution is 0.0672. The Morgan fingerprint density at radius 1 is 1.09 bits per heavy atom. The van der Waals surface area contributed by atoms with Gasteiger partial charge in [0.1, 0.15) is 11.3 Å². The number of aromatic amines is 1. The number of aliphatic hydroxyl groups excluding tert-OH is 2. The van der Waals surface area contributed by atoms with Crippen LogP contribution in [0.15, 0.2) is 42.6 Å². The first kappa shape index (κ1) is 20.5. The van der Waals surface area contributed by atoms with Gasteiger partial charge in [-0.25, -0.2) is 15.0 Å². The number of nitrogens with one attached hydrogen (secondary N) is 3. The number of hydrogen-bond donors (Lipinski definition) is 5. The zero-order valence-corrected chi connectivity index (χ0v) is 17.6. The van der Waals surface area contributed by atoms with E-state index in [1.54, 1.807) is 6.20 Å². The van der Waals surface area contributed by atoms with E-state index in [4.69, 9.17) is 14.8 Å². The normalized spacial score (nSPS) is 18.7. The lowest BCUT2D eigenvalue weighted by Crippen LogP contribution is -2.26. The van der Waals surface area contributed by atoms with Crippen LogP contribution in [0.3, 0.4) is 0 Å². The highest BCUT2D eigenvalue weighted by molar-refractivity contribution is 5.86. The molecule has 5 N–H and O–H groups in total. The fourth-order valence-corrected chi connectivity index (χ4v) is 4.00. The van der Waals surface area contributed by atoms with Crippen molar-refractivity contribution in [3.05, 3.63) is 42.6 Å². The van der Waals surface area contributed by atoms with Gasteiger partial charge < -0.3 is 30.6 Å². The maximum absolute atomic E-state index is 9.74. The van der Waals surface area contributed by atoms with Gasteiger partial charge in [0.15, 0.2) is 0 Å². The summed E-state index contributed by atoms with van der Waals surface area (Å²) >= 11 is 0. The third-order valence-electron chi connectivity index (χ3n) is 5.65. The van der Waals surface area contributed by atoms with Crippen molar-refractivity contribution in [1.82, 2.24) is 19.9 Å². The summed E-state index contributed by atoms with van der Waals surface area (Å²) in [5, 5.41) is 25.9. The largest absolute Gasteiger partial charge is 0.488 e. The van der Waals surface area contributed by atoms with Crippen LogP contribution in [0.2, 0.25) is 0 Å². The van der Waals surface area contributed by atoms with Gasteiger partial charge in [0, 0.05) is 23.8 Å². The van der Waals surface area contributed by atoms with Crippen molar-refractivity contribution in [2.45, 2.75) is 37.9 Å². The van der Waals surface area contributed by atoms with Crippen molar-refractivity contribution >= 4 is 39.5 Å². The number of aliphatic hydroxyl groups is 2. The van der Waals surface area contributed by atoms with Crippen LogP contribution in [-0.2, 0) is 0 Å². The van der Waals surface area contributed by atoms with E-state index >= 15 is 0 Å². The number of nitrogens with zero attached hydrogens (tertiary/aromatic N) is 3. The predicted octanol–water partition coefficient (Wildman–Crippen LogP) is 3.34. The van der Waals surface area contributed by atoms with Crippen molar-refractivity contribution in [3.63, 3.8) is 0 Å². The number of H-pyrrole nitrogens is 1. The highest BCUT2D eigenvalue weighted by atomic mass is 16.5. The number of benzene rings is 2. The summed E-state index contributed by atoms with van der Waals surface area (Å²) in [5.41, 5.74) is 3.27. The van der Waals surface area contributed by atoms with Crippen molar-refractivity contribution in [1.29, 1.82) is 0 Å². The molecule has 1 aliphatic carbocycles. The van der Waals surface area contributed by atoms with Gasteiger partial charge in [-0.1, -0.05) is 12.1 Å². The lowest BCUT2D eigenvalue weighted by Gasteiger charge is -2.26. The maximum Gasteiger partial charge on any atom is 0.227 e. The van der Waals surface area contributed by atoms with Crippen molar-refractivity contribution < 1.29 is 14.9 Å². The van der Waals surface area contributed by atoms with E-state index < -0.39 is 0 Å². The molecule has 0 amide bonds. The Morgan fingerprint density at radius 2 is 1.97 bits per heavy atom. The van der Waals surface area contributed by atoms with E-state index in [9.17, 15) is 5.11 Å². The number of imidazole rings is 1. The molecule has 2 aromatic heterocycles. The third kappa shape index (κ3) is 4.44. The minimum absolute atomic E-state index is 0.0392. The molecule has 5 rings (SSSR count). The summed E-state index contributed by atoms with van der Waals surface area (Å²) in [5.74, 6) is 1.83. The minimum Gasteiger partial charge on any atom is -0.488 e. The minimum atomic E-state index is -0.214. The van der Waals surface area contributed by atoms with Gasteiger partial charge in [-0.15, -0.1) is 0 Å². The molecular weight excluding hydrogens is 408 g/mol. The van der Waals surface area contributed by atoms with E-state index in [0.29, 0.717) is 18.4 Å². The molecule has 1 aliphatic rings. The SMILES string of the molecule is OCCNc1nc2ccc(Nc3ncc4cccc(O[C@H]5CC[C@@H](O)CC5)c4n3)cc2[nH]1. The van der Waals surface area contributed by atoms with Crippen molar-refractivity contribution in [2.75, 3.05) is 23.8 Å². The summed E-state index contributed by atoms with van der Waals surface area (Å²) in [4.78, 5) is 16.8. The van der Waals surface area contributed by atoms with Crippen LogP contribution in [-0.4, -0.2) is 55.5 Å². The van der Waals surface area contributed by atoms with Gasteiger partial charge in [-0.3, -0.25) is 0 Å². The molecule has 0 radical (unpaired) electrons. The standard InChI is InChI=1S/C23H26N6O3/c30-11-10-24-22-27-18-9-4-15(12-19(18)28-22)26-23-25-13-14-2-1-3-20(21(14)29-23)32-17-7-5-16(31)6-8-17/h1-4,9,12-13,16-17,30-31H,5-8,10-11H2,(H2,24,27,28)(H,25,26,29)/t16-,17+. The summed E-state index contributed by atoms with van der Waals surface area (Å²) in [6.07, 6.45) is 4.88. The van der Waals surface area contributed by atoms with E-state index in [1.807, 2.05) is 36.4 Å². The number of rotatable bonds is 7. The number of anilines is 3. The van der Waals surface area contributed by atoms with E-state index in [1.165, 1.54) is 0 Å². The number of aromatic nitrogens is 4. The molecule has 9 heteroatoms. The molecule has 0 spiro atoms. The Labute approximate surface area is 184 Å². The smallest absolute Gasteiger partial charge is 0.227 e. The number of hydrogen-bond acceptors (Lipinski definition) is 8. The van der Waals surface area contributed by atoms with Crippen LogP contribution in [0.25, 0.3) is 21.9 Å². The summed E-state index contributed by atoms with van der Waals surface area (Å²) < 4.78 is 6.25. The average Bonchev–Trinajstić information content (AvgIpc) is 3.22. The quantitative estimate of drug-likeness (QED) is 0.300. The summed E-state index contributed by atoms with van der Waals surface area (Å²) in [6, 6.07) is 11.6. The Morgan fingerprint density at radius 3 is 2.81 bits per heavy atom. The van der Waals surface area contributed by atoms with E-state index in [0.717, 1.165) is 59.1 Å². The molecule has 0 aliphatic heterocycles. The molecule has 9 nitrogen and oxygen atoms in total. The molecule has 0 saturated heterocycles. The van der Waals surface area contributed by atoms with E-state index in [-0.39, 0.29) is 18.8 Å². The van der Waals surface area contributed by atoms with Gasteiger partial charge in [0.25, 0.3) is 0 Å². The van der Waals surface area contributed by atoms with Crippen LogP contribution in [0.1, 0.15) is 25.7 Å². The molecular formula is C23H26N6O3. The molecule has 0 bridgehead atoms. The maximum atomic E-state index is 9.74. The summed E-state index contributed by atoms with van der Waals surface area (Å²) in [6.45, 7) is 0.471. The zero-order valence-electron chi connectivity index (χ0n) is 17.6. The number of ether oxygens (including phenoxy) is 1. The molecule has 32 heavy (non-hydrogen) atoms. The fourth-order valence-electron chi connectivity index (χ4n) is 4.00. The van der Waals surface area contributed by atoms with Crippen molar-refractivity contribution in [2.24, 2.45) is 0 Å². The highest BCUT2D eigenvalue weighted by Crippen LogP contribution is 2.30. The second kappa shape index (κ2) is 8.97. The van der Waals surface area contributed by atoms with Crippen LogP contribution >= 0.6 is 0 Å². The van der Waals surface area contributed by atoms with Crippen LogP contribution < -0.4 is 15.4 Å². The first-order valence-electron chi connectivity index (χ1n) is 10.9. The molecule has 2 heterocycles. The Bertz CT molecular complexity index is 1220.